The fourth-order valence-corrected chi connectivity index (χ4v) is 1.34. The molecule has 0 aliphatic carbocycles. The SMILES string of the molecule is C[N+](C)(C)CC(=O)NN=C/C=C/c1ccccc1. The first kappa shape index (κ1) is 14.1. The number of likely N-dealkylation sites (N-methyl/N-ethyl adjacent to an activating group) is 1. The molecule has 0 atom stereocenters. The molecule has 0 unspecified atom stereocenters. The Morgan fingerprint density at radius 2 is 1.94 bits per heavy atom. The van der Waals surface area contributed by atoms with E-state index in [2.05, 4.69) is 10.5 Å². The van der Waals surface area contributed by atoms with Crippen molar-refractivity contribution in [3.05, 3.63) is 42.0 Å². The smallest absolute Gasteiger partial charge is 0.295 e. The van der Waals surface area contributed by atoms with E-state index in [0.717, 1.165) is 5.56 Å². The molecule has 0 heterocycles. The monoisotopic (exact) mass is 246 g/mol. The molecule has 4 nitrogen and oxygen atoms in total. The molecule has 1 aromatic carbocycles. The van der Waals surface area contributed by atoms with E-state index in [1.807, 2.05) is 57.6 Å². The average Bonchev–Trinajstić information content (AvgIpc) is 2.27. The molecular weight excluding hydrogens is 226 g/mol. The summed E-state index contributed by atoms with van der Waals surface area (Å²) in [6.45, 7) is 0.403. The van der Waals surface area contributed by atoms with Crippen molar-refractivity contribution in [3.8, 4) is 0 Å². The van der Waals surface area contributed by atoms with Crippen molar-refractivity contribution < 1.29 is 9.28 Å². The van der Waals surface area contributed by atoms with Gasteiger partial charge in [0.1, 0.15) is 0 Å². The normalized spacial score (nSPS) is 12.2. The Kier molecular flexibility index (Phi) is 5.27. The number of allylic oxidation sites excluding steroid dienone is 1. The summed E-state index contributed by atoms with van der Waals surface area (Å²) >= 11 is 0. The number of hydrazone groups is 1. The molecule has 1 N–H and O–H groups in total. The first-order valence-corrected chi connectivity index (χ1v) is 5.81. The van der Waals surface area contributed by atoms with Crippen LogP contribution in [-0.2, 0) is 4.79 Å². The van der Waals surface area contributed by atoms with Gasteiger partial charge < -0.3 is 4.48 Å². The topological polar surface area (TPSA) is 41.5 Å². The van der Waals surface area contributed by atoms with Crippen molar-refractivity contribution in [1.82, 2.24) is 5.43 Å². The molecule has 0 saturated carbocycles. The molecular formula is C14H20N3O+. The van der Waals surface area contributed by atoms with E-state index in [4.69, 9.17) is 0 Å². The largest absolute Gasteiger partial charge is 0.323 e. The number of quaternary nitrogens is 1. The summed E-state index contributed by atoms with van der Waals surface area (Å²) < 4.78 is 0.585. The summed E-state index contributed by atoms with van der Waals surface area (Å²) in [6, 6.07) is 9.91. The van der Waals surface area contributed by atoms with Gasteiger partial charge in [-0.05, 0) is 11.6 Å². The van der Waals surface area contributed by atoms with Gasteiger partial charge in [0.15, 0.2) is 6.54 Å². The van der Waals surface area contributed by atoms with Gasteiger partial charge in [0, 0.05) is 6.21 Å². The average molecular weight is 246 g/mol. The first-order valence-electron chi connectivity index (χ1n) is 5.81. The van der Waals surface area contributed by atoms with Gasteiger partial charge in [0.05, 0.1) is 21.1 Å². The van der Waals surface area contributed by atoms with Crippen molar-refractivity contribution in [2.45, 2.75) is 0 Å². The van der Waals surface area contributed by atoms with Crippen LogP contribution in [0, 0.1) is 0 Å². The van der Waals surface area contributed by atoms with Gasteiger partial charge in [-0.3, -0.25) is 4.79 Å². The molecule has 0 bridgehead atoms. The van der Waals surface area contributed by atoms with Crippen molar-refractivity contribution in [2.24, 2.45) is 5.10 Å². The highest BCUT2D eigenvalue weighted by Crippen LogP contribution is 1.99. The summed E-state index contributed by atoms with van der Waals surface area (Å²) in [5.74, 6) is -0.0909. The van der Waals surface area contributed by atoms with Crippen molar-refractivity contribution in [1.29, 1.82) is 0 Å². The molecule has 0 aromatic heterocycles. The zero-order chi connectivity index (χ0) is 13.4. The highest BCUT2D eigenvalue weighted by atomic mass is 16.2. The summed E-state index contributed by atoms with van der Waals surface area (Å²) in [5.41, 5.74) is 3.59. The summed E-state index contributed by atoms with van der Waals surface area (Å²) in [5, 5.41) is 3.85. The van der Waals surface area contributed by atoms with Gasteiger partial charge in [0.2, 0.25) is 0 Å². The van der Waals surface area contributed by atoms with E-state index in [1.54, 1.807) is 12.3 Å². The molecule has 0 aliphatic rings. The maximum atomic E-state index is 11.4. The van der Waals surface area contributed by atoms with Gasteiger partial charge in [-0.1, -0.05) is 36.4 Å². The number of amides is 1. The van der Waals surface area contributed by atoms with Crippen LogP contribution >= 0.6 is 0 Å². The quantitative estimate of drug-likeness (QED) is 0.477. The second-order valence-electron chi connectivity index (χ2n) is 5.03. The van der Waals surface area contributed by atoms with Crippen molar-refractivity contribution >= 4 is 18.2 Å². The lowest BCUT2D eigenvalue weighted by Gasteiger charge is -2.21. The maximum absolute atomic E-state index is 11.4. The second kappa shape index (κ2) is 6.71. The lowest BCUT2D eigenvalue weighted by atomic mass is 10.2. The number of benzene rings is 1. The zero-order valence-corrected chi connectivity index (χ0v) is 11.1. The Labute approximate surface area is 108 Å². The minimum Gasteiger partial charge on any atom is -0.323 e. The molecule has 96 valence electrons. The van der Waals surface area contributed by atoms with Crippen LogP contribution < -0.4 is 5.43 Å². The molecule has 1 amide bonds. The highest BCUT2D eigenvalue weighted by molar-refractivity contribution is 5.81. The van der Waals surface area contributed by atoms with Crippen LogP contribution in [0.2, 0.25) is 0 Å². The Morgan fingerprint density at radius 1 is 1.28 bits per heavy atom. The fraction of sp³-hybridized carbons (Fsp3) is 0.286. The van der Waals surface area contributed by atoms with Crippen LogP contribution in [0.3, 0.4) is 0 Å². The van der Waals surface area contributed by atoms with Gasteiger partial charge in [-0.15, -0.1) is 0 Å². The van der Waals surface area contributed by atoms with Crippen LogP contribution in [0.25, 0.3) is 6.08 Å². The third-order valence-corrected chi connectivity index (χ3v) is 2.06. The minimum atomic E-state index is -0.0909. The molecule has 1 rings (SSSR count). The predicted molar refractivity (Wildman–Crippen MR) is 75.0 cm³/mol. The molecule has 0 fully saturated rings. The van der Waals surface area contributed by atoms with Gasteiger partial charge in [-0.25, -0.2) is 5.43 Å². The van der Waals surface area contributed by atoms with Gasteiger partial charge in [-0.2, -0.15) is 5.10 Å². The molecule has 0 aliphatic heterocycles. The molecule has 0 radical (unpaired) electrons. The molecule has 18 heavy (non-hydrogen) atoms. The van der Waals surface area contributed by atoms with Crippen LogP contribution in [0.1, 0.15) is 5.56 Å². The maximum Gasteiger partial charge on any atom is 0.295 e. The lowest BCUT2D eigenvalue weighted by molar-refractivity contribution is -0.862. The number of nitrogens with zero attached hydrogens (tertiary/aromatic N) is 2. The lowest BCUT2D eigenvalue weighted by Crippen LogP contribution is -2.43. The Balaban J connectivity index is 2.34. The van der Waals surface area contributed by atoms with E-state index in [0.29, 0.717) is 11.0 Å². The third-order valence-electron chi connectivity index (χ3n) is 2.06. The van der Waals surface area contributed by atoms with Crippen LogP contribution in [0.5, 0.6) is 0 Å². The van der Waals surface area contributed by atoms with E-state index in [1.165, 1.54) is 0 Å². The fourth-order valence-electron chi connectivity index (χ4n) is 1.34. The number of hydrogen-bond donors (Lipinski definition) is 1. The summed E-state index contributed by atoms with van der Waals surface area (Å²) in [6.07, 6.45) is 5.29. The molecule has 4 heteroatoms. The van der Waals surface area contributed by atoms with Gasteiger partial charge in [0.25, 0.3) is 5.91 Å². The Hall–Kier alpha value is -1.94. The van der Waals surface area contributed by atoms with E-state index in [-0.39, 0.29) is 5.91 Å². The minimum absolute atomic E-state index is 0.0909. The van der Waals surface area contributed by atoms with E-state index in [9.17, 15) is 4.79 Å². The number of carbonyl (C=O) groups excluding carboxylic acids is 1. The molecule has 0 saturated heterocycles. The van der Waals surface area contributed by atoms with Crippen LogP contribution in [-0.4, -0.2) is 44.3 Å². The summed E-state index contributed by atoms with van der Waals surface area (Å²) in [4.78, 5) is 11.4. The van der Waals surface area contributed by atoms with Crippen LogP contribution in [0.4, 0.5) is 0 Å². The Bertz CT molecular complexity index is 430. The van der Waals surface area contributed by atoms with E-state index >= 15 is 0 Å². The van der Waals surface area contributed by atoms with Gasteiger partial charge >= 0.3 is 0 Å². The second-order valence-corrected chi connectivity index (χ2v) is 5.03. The number of carbonyl (C=O) groups is 1. The number of rotatable bonds is 5. The highest BCUT2D eigenvalue weighted by Gasteiger charge is 2.12. The molecule has 0 spiro atoms. The zero-order valence-electron chi connectivity index (χ0n) is 11.1. The van der Waals surface area contributed by atoms with E-state index < -0.39 is 0 Å². The summed E-state index contributed by atoms with van der Waals surface area (Å²) in [7, 11) is 5.87. The predicted octanol–water partition coefficient (Wildman–Crippen LogP) is 1.51. The van der Waals surface area contributed by atoms with Crippen molar-refractivity contribution in [3.63, 3.8) is 0 Å². The molecule has 1 aromatic rings. The number of nitrogens with one attached hydrogen (secondary N) is 1. The Morgan fingerprint density at radius 3 is 2.56 bits per heavy atom. The number of hydrogen-bond acceptors (Lipinski definition) is 2. The van der Waals surface area contributed by atoms with Crippen LogP contribution in [0.15, 0.2) is 41.5 Å². The first-order chi connectivity index (χ1) is 8.47. The standard InChI is InChI=1S/C14H19N3O/c1-17(2,3)12-14(18)16-15-11-7-10-13-8-5-4-6-9-13/h4-11H,12H2,1-3H3/p+1/b10-7+,15-11?. The van der Waals surface area contributed by atoms with Crippen molar-refractivity contribution in [2.75, 3.05) is 27.7 Å². The third kappa shape index (κ3) is 6.60.